The van der Waals surface area contributed by atoms with Crippen LogP contribution in [-0.2, 0) is 0 Å². The highest BCUT2D eigenvalue weighted by Gasteiger charge is 2.18. The molecule has 0 aromatic heterocycles. The lowest BCUT2D eigenvalue weighted by Crippen LogP contribution is -2.35. The summed E-state index contributed by atoms with van der Waals surface area (Å²) in [6.45, 7) is 1.57. The molecule has 0 unspecified atom stereocenters. The van der Waals surface area contributed by atoms with Gasteiger partial charge in [-0.15, -0.1) is 0 Å². The highest BCUT2D eigenvalue weighted by molar-refractivity contribution is 5.94. The molecule has 17 heavy (non-hydrogen) atoms. The van der Waals surface area contributed by atoms with E-state index in [9.17, 15) is 9.18 Å². The first kappa shape index (κ1) is 11.9. The monoisotopic (exact) mass is 236 g/mol. The number of benzene rings is 1. The number of carbonyl (C=O) groups is 1. The number of likely N-dealkylation sites (tertiary alicyclic amines) is 1. The Morgan fingerprint density at radius 1 is 1.29 bits per heavy atom. The highest BCUT2D eigenvalue weighted by atomic mass is 19.1. The third kappa shape index (κ3) is 2.57. The first-order valence-electron chi connectivity index (χ1n) is 5.99. The SMILES string of the molecule is CNc1ccc(C(=O)N2CCCCC2)cc1F. The van der Waals surface area contributed by atoms with Gasteiger partial charge in [0.25, 0.3) is 5.91 Å². The summed E-state index contributed by atoms with van der Waals surface area (Å²) in [5.74, 6) is -0.443. The van der Waals surface area contributed by atoms with E-state index >= 15 is 0 Å². The smallest absolute Gasteiger partial charge is 0.253 e. The topological polar surface area (TPSA) is 32.3 Å². The van der Waals surface area contributed by atoms with Crippen LogP contribution in [0.15, 0.2) is 18.2 Å². The summed E-state index contributed by atoms with van der Waals surface area (Å²) in [4.78, 5) is 13.9. The van der Waals surface area contributed by atoms with E-state index in [1.54, 1.807) is 24.1 Å². The van der Waals surface area contributed by atoms with Crippen LogP contribution in [0.4, 0.5) is 10.1 Å². The second-order valence-electron chi connectivity index (χ2n) is 4.30. The summed E-state index contributed by atoms with van der Waals surface area (Å²) >= 11 is 0. The molecule has 0 atom stereocenters. The molecule has 0 bridgehead atoms. The molecule has 3 nitrogen and oxygen atoms in total. The van der Waals surface area contributed by atoms with Crippen LogP contribution in [0.1, 0.15) is 29.6 Å². The van der Waals surface area contributed by atoms with Gasteiger partial charge in [-0.1, -0.05) is 0 Å². The minimum atomic E-state index is -0.379. The minimum Gasteiger partial charge on any atom is -0.386 e. The lowest BCUT2D eigenvalue weighted by Gasteiger charge is -2.26. The van der Waals surface area contributed by atoms with Crippen molar-refractivity contribution in [2.75, 3.05) is 25.5 Å². The molecule has 0 radical (unpaired) electrons. The van der Waals surface area contributed by atoms with Crippen molar-refractivity contribution in [3.05, 3.63) is 29.6 Å². The molecule has 1 heterocycles. The summed E-state index contributed by atoms with van der Waals surface area (Å²) in [5.41, 5.74) is 0.851. The summed E-state index contributed by atoms with van der Waals surface area (Å²) < 4.78 is 13.5. The molecule has 0 spiro atoms. The number of carbonyl (C=O) groups excluding carboxylic acids is 1. The summed E-state index contributed by atoms with van der Waals surface area (Å²) in [7, 11) is 1.66. The van der Waals surface area contributed by atoms with Gasteiger partial charge in [0.05, 0.1) is 5.69 Å². The van der Waals surface area contributed by atoms with Crippen molar-refractivity contribution in [2.45, 2.75) is 19.3 Å². The van der Waals surface area contributed by atoms with Gasteiger partial charge in [-0.25, -0.2) is 4.39 Å². The molecular weight excluding hydrogens is 219 g/mol. The summed E-state index contributed by atoms with van der Waals surface area (Å²) in [5, 5.41) is 2.74. The predicted octanol–water partition coefficient (Wildman–Crippen LogP) is 2.49. The first-order chi connectivity index (χ1) is 8.22. The van der Waals surface area contributed by atoms with E-state index in [0.717, 1.165) is 25.9 Å². The number of halogens is 1. The maximum atomic E-state index is 13.5. The number of piperidine rings is 1. The molecule has 0 aliphatic carbocycles. The Hall–Kier alpha value is -1.58. The lowest BCUT2D eigenvalue weighted by atomic mass is 10.1. The van der Waals surface area contributed by atoms with Crippen LogP contribution >= 0.6 is 0 Å². The quantitative estimate of drug-likeness (QED) is 0.855. The molecular formula is C13H17FN2O. The standard InChI is InChI=1S/C13H17FN2O/c1-15-12-6-5-10(9-11(12)14)13(17)16-7-3-2-4-8-16/h5-6,9,15H,2-4,7-8H2,1H3. The van der Waals surface area contributed by atoms with Gasteiger partial charge >= 0.3 is 0 Å². The van der Waals surface area contributed by atoms with Gasteiger partial charge in [0.2, 0.25) is 0 Å². The molecule has 1 aliphatic heterocycles. The van der Waals surface area contributed by atoms with Crippen molar-refractivity contribution in [3.8, 4) is 0 Å². The number of hydrogen-bond acceptors (Lipinski definition) is 2. The molecule has 1 saturated heterocycles. The Labute approximate surface area is 101 Å². The molecule has 1 amide bonds. The third-order valence-electron chi connectivity index (χ3n) is 3.13. The molecule has 0 saturated carbocycles. The molecule has 1 aliphatic rings. The van der Waals surface area contributed by atoms with Crippen LogP contribution in [0, 0.1) is 5.82 Å². The molecule has 1 N–H and O–H groups in total. The van der Waals surface area contributed by atoms with Crippen LogP contribution in [-0.4, -0.2) is 30.9 Å². The van der Waals surface area contributed by atoms with E-state index in [2.05, 4.69) is 5.32 Å². The third-order valence-corrected chi connectivity index (χ3v) is 3.13. The molecule has 2 rings (SSSR count). The van der Waals surface area contributed by atoms with E-state index in [4.69, 9.17) is 0 Å². The van der Waals surface area contributed by atoms with Crippen LogP contribution < -0.4 is 5.32 Å². The van der Waals surface area contributed by atoms with Crippen LogP contribution in [0.2, 0.25) is 0 Å². The second kappa shape index (κ2) is 5.17. The Balaban J connectivity index is 2.16. The molecule has 1 fully saturated rings. The van der Waals surface area contributed by atoms with Crippen molar-refractivity contribution in [2.24, 2.45) is 0 Å². The number of rotatable bonds is 2. The van der Waals surface area contributed by atoms with E-state index in [1.807, 2.05) is 0 Å². The lowest BCUT2D eigenvalue weighted by molar-refractivity contribution is 0.0724. The maximum absolute atomic E-state index is 13.5. The summed E-state index contributed by atoms with van der Waals surface area (Å²) in [6.07, 6.45) is 3.27. The van der Waals surface area contributed by atoms with Crippen molar-refractivity contribution >= 4 is 11.6 Å². The average molecular weight is 236 g/mol. The van der Waals surface area contributed by atoms with Gasteiger partial charge in [-0.05, 0) is 37.5 Å². The maximum Gasteiger partial charge on any atom is 0.253 e. The van der Waals surface area contributed by atoms with Gasteiger partial charge in [0.1, 0.15) is 5.82 Å². The first-order valence-corrected chi connectivity index (χ1v) is 5.99. The zero-order valence-electron chi connectivity index (χ0n) is 10.0. The predicted molar refractivity (Wildman–Crippen MR) is 65.7 cm³/mol. The highest BCUT2D eigenvalue weighted by Crippen LogP contribution is 2.18. The van der Waals surface area contributed by atoms with Crippen molar-refractivity contribution in [1.82, 2.24) is 4.90 Å². The fraction of sp³-hybridized carbons (Fsp3) is 0.462. The van der Waals surface area contributed by atoms with Crippen molar-refractivity contribution in [3.63, 3.8) is 0 Å². The van der Waals surface area contributed by atoms with Crippen LogP contribution in [0.25, 0.3) is 0 Å². The van der Waals surface area contributed by atoms with Crippen molar-refractivity contribution in [1.29, 1.82) is 0 Å². The van der Waals surface area contributed by atoms with Gasteiger partial charge in [0.15, 0.2) is 0 Å². The van der Waals surface area contributed by atoms with Crippen molar-refractivity contribution < 1.29 is 9.18 Å². The Morgan fingerprint density at radius 3 is 2.59 bits per heavy atom. The molecule has 92 valence electrons. The van der Waals surface area contributed by atoms with E-state index in [1.165, 1.54) is 12.5 Å². The van der Waals surface area contributed by atoms with E-state index in [0.29, 0.717) is 11.3 Å². The van der Waals surface area contributed by atoms with Gasteiger partial charge in [0, 0.05) is 25.7 Å². The number of hydrogen-bond donors (Lipinski definition) is 1. The largest absolute Gasteiger partial charge is 0.386 e. The fourth-order valence-corrected chi connectivity index (χ4v) is 2.13. The number of amides is 1. The molecule has 1 aromatic rings. The number of anilines is 1. The normalized spacial score (nSPS) is 15.8. The average Bonchev–Trinajstić information content (AvgIpc) is 2.39. The number of nitrogens with zero attached hydrogens (tertiary/aromatic N) is 1. The Bertz CT molecular complexity index is 414. The zero-order valence-corrected chi connectivity index (χ0v) is 10.0. The molecule has 1 aromatic carbocycles. The van der Waals surface area contributed by atoms with Gasteiger partial charge in [-0.2, -0.15) is 0 Å². The van der Waals surface area contributed by atoms with Gasteiger partial charge in [-0.3, -0.25) is 4.79 Å². The van der Waals surface area contributed by atoms with E-state index in [-0.39, 0.29) is 11.7 Å². The van der Waals surface area contributed by atoms with E-state index < -0.39 is 0 Å². The van der Waals surface area contributed by atoms with Gasteiger partial charge < -0.3 is 10.2 Å². The zero-order chi connectivity index (χ0) is 12.3. The Kier molecular flexibility index (Phi) is 3.61. The number of nitrogens with one attached hydrogen (secondary N) is 1. The van der Waals surface area contributed by atoms with Crippen LogP contribution in [0.5, 0.6) is 0 Å². The Morgan fingerprint density at radius 2 is 2.00 bits per heavy atom. The molecule has 4 heteroatoms. The minimum absolute atomic E-state index is 0.0637. The van der Waals surface area contributed by atoms with Crippen LogP contribution in [0.3, 0.4) is 0 Å². The summed E-state index contributed by atoms with van der Waals surface area (Å²) in [6, 6.07) is 4.58. The second-order valence-corrected chi connectivity index (χ2v) is 4.30. The fourth-order valence-electron chi connectivity index (χ4n) is 2.13.